The van der Waals surface area contributed by atoms with Gasteiger partial charge in [-0.15, -0.1) is 6.54 Å². The molecule has 0 aromatic rings. The van der Waals surface area contributed by atoms with Crippen LogP contribution in [0.2, 0.25) is 0 Å². The summed E-state index contributed by atoms with van der Waals surface area (Å²) in [6.45, 7) is 11.5. The maximum absolute atomic E-state index is 10.8. The minimum Gasteiger partial charge on any atom is -0.400 e. The number of hydrogen-bond donors (Lipinski definition) is 0. The summed E-state index contributed by atoms with van der Waals surface area (Å²) in [6.07, 6.45) is 0.884. The topological polar surface area (TPSA) is 20.3 Å². The smallest absolute Gasteiger partial charge is 0.214 e. The van der Waals surface area contributed by atoms with Crippen molar-refractivity contribution >= 4 is 5.91 Å². The van der Waals surface area contributed by atoms with Crippen LogP contribution in [0.4, 0.5) is 0 Å². The third kappa shape index (κ3) is 4.92. The van der Waals surface area contributed by atoms with E-state index in [4.69, 9.17) is 0 Å². The van der Waals surface area contributed by atoms with E-state index in [0.29, 0.717) is 6.54 Å². The Labute approximate surface area is 94.6 Å². The van der Waals surface area contributed by atoms with Crippen LogP contribution in [-0.4, -0.2) is 23.4 Å². The predicted octanol–water partition coefficient (Wildman–Crippen LogP) is 1.28. The summed E-state index contributed by atoms with van der Waals surface area (Å²) >= 11 is 0. The summed E-state index contributed by atoms with van der Waals surface area (Å²) in [6, 6.07) is 0.0787. The third-order valence-electron chi connectivity index (χ3n) is 1.56. The molecular weight excluding hydrogens is 215 g/mol. The molecule has 0 aliphatic heterocycles. The second-order valence-corrected chi connectivity index (χ2v) is 2.27. The normalized spacial score (nSPS) is 11.6. The Morgan fingerprint density at radius 1 is 1.64 bits per heavy atom. The fourth-order valence-corrected chi connectivity index (χ4v) is 0.818. The fourth-order valence-electron chi connectivity index (χ4n) is 0.818. The van der Waals surface area contributed by atoms with Gasteiger partial charge in [0, 0.05) is 39.6 Å². The van der Waals surface area contributed by atoms with Crippen LogP contribution < -0.4 is 0 Å². The molecule has 1 unspecified atom stereocenters. The average molecular weight is 230 g/mol. The molecule has 11 heavy (non-hydrogen) atoms. The molecule has 0 spiro atoms. The summed E-state index contributed by atoms with van der Waals surface area (Å²) in [4.78, 5) is 12.5. The van der Waals surface area contributed by atoms with E-state index in [1.54, 1.807) is 11.8 Å². The van der Waals surface area contributed by atoms with Gasteiger partial charge in [0.2, 0.25) is 5.91 Å². The largest absolute Gasteiger partial charge is 0.400 e. The van der Waals surface area contributed by atoms with Gasteiger partial charge in [-0.05, 0) is 0 Å². The summed E-state index contributed by atoms with van der Waals surface area (Å²) < 4.78 is 0. The molecule has 1 atom stereocenters. The number of hydrogen-bond acceptors (Lipinski definition) is 1. The van der Waals surface area contributed by atoms with Gasteiger partial charge in [-0.25, -0.2) is 0 Å². The van der Waals surface area contributed by atoms with Crippen LogP contribution in [0, 0.1) is 13.8 Å². The van der Waals surface area contributed by atoms with Gasteiger partial charge in [-0.2, -0.15) is 0 Å². The van der Waals surface area contributed by atoms with Crippen LogP contribution in [0.15, 0.2) is 0 Å². The van der Waals surface area contributed by atoms with Crippen LogP contribution in [-0.2, 0) is 37.5 Å². The van der Waals surface area contributed by atoms with Gasteiger partial charge in [0.15, 0.2) is 0 Å². The number of nitrogens with zero attached hydrogens (tertiary/aromatic N) is 1. The van der Waals surface area contributed by atoms with Gasteiger partial charge in [0.1, 0.15) is 0 Å². The molecule has 0 rings (SSSR count). The number of amides is 1. The molecule has 2 nitrogen and oxygen atoms in total. The fraction of sp³-hybridized carbons (Fsp3) is 0.625. The number of rotatable bonds is 3. The van der Waals surface area contributed by atoms with Crippen molar-refractivity contribution in [3.8, 4) is 0 Å². The van der Waals surface area contributed by atoms with E-state index < -0.39 is 0 Å². The summed E-state index contributed by atoms with van der Waals surface area (Å²) in [5.74, 6) is 0.0526. The Morgan fingerprint density at radius 2 is 2.09 bits per heavy atom. The quantitative estimate of drug-likeness (QED) is 0.669. The van der Waals surface area contributed by atoms with Gasteiger partial charge in [-0.3, -0.25) is 4.79 Å². The molecule has 0 aliphatic rings. The van der Waals surface area contributed by atoms with Crippen LogP contribution in [0.1, 0.15) is 20.3 Å². The Balaban J connectivity index is 0. The molecule has 1 amide bonds. The maximum Gasteiger partial charge on any atom is 0.214 e. The zero-order valence-electron chi connectivity index (χ0n) is 7.34. The number of carbonyl (C=O) groups excluding carboxylic acids is 1. The van der Waals surface area contributed by atoms with Crippen molar-refractivity contribution in [2.75, 3.05) is 6.54 Å². The van der Waals surface area contributed by atoms with Gasteiger partial charge in [0.05, 0.1) is 0 Å². The van der Waals surface area contributed by atoms with E-state index in [9.17, 15) is 4.79 Å². The Morgan fingerprint density at radius 3 is 2.18 bits per heavy atom. The molecule has 0 heterocycles. The maximum atomic E-state index is 10.8. The average Bonchev–Trinajstić information content (AvgIpc) is 1.88. The molecule has 0 saturated heterocycles. The molecular formula is C8H15NOY-2. The molecule has 1 radical (unpaired) electrons. The Hall–Kier alpha value is 0.574. The molecule has 0 saturated carbocycles. The first-order chi connectivity index (χ1) is 4.63. The Kier molecular flexibility index (Phi) is 9.29. The molecule has 0 aromatic carbocycles. The van der Waals surface area contributed by atoms with Gasteiger partial charge in [-0.1, -0.05) is 19.4 Å². The van der Waals surface area contributed by atoms with Crippen LogP contribution >= 0.6 is 0 Å². The van der Waals surface area contributed by atoms with Crippen LogP contribution in [0.5, 0.6) is 0 Å². The van der Waals surface area contributed by atoms with Crippen molar-refractivity contribution in [1.82, 2.24) is 4.90 Å². The summed E-state index contributed by atoms with van der Waals surface area (Å²) in [5, 5.41) is 0. The molecule has 0 bridgehead atoms. The molecule has 0 aliphatic carbocycles. The predicted molar refractivity (Wildman–Crippen MR) is 42.2 cm³/mol. The van der Waals surface area contributed by atoms with Crippen molar-refractivity contribution in [3.63, 3.8) is 0 Å². The van der Waals surface area contributed by atoms with E-state index in [1.165, 1.54) is 0 Å². The van der Waals surface area contributed by atoms with Crippen LogP contribution in [0.3, 0.4) is 0 Å². The van der Waals surface area contributed by atoms with E-state index >= 15 is 0 Å². The van der Waals surface area contributed by atoms with Crippen molar-refractivity contribution in [3.05, 3.63) is 13.8 Å². The van der Waals surface area contributed by atoms with E-state index in [1.807, 2.05) is 6.92 Å². The molecule has 3 heteroatoms. The first-order valence-electron chi connectivity index (χ1n) is 3.53. The zero-order chi connectivity index (χ0) is 8.15. The van der Waals surface area contributed by atoms with Crippen molar-refractivity contribution in [1.29, 1.82) is 0 Å². The van der Waals surface area contributed by atoms with Gasteiger partial charge < -0.3 is 18.7 Å². The summed E-state index contributed by atoms with van der Waals surface area (Å²) in [7, 11) is 0. The monoisotopic (exact) mass is 230 g/mol. The molecule has 0 N–H and O–H groups in total. The van der Waals surface area contributed by atoms with Crippen molar-refractivity contribution in [2.24, 2.45) is 0 Å². The molecule has 0 aromatic heterocycles. The minimum atomic E-state index is 0. The molecule has 0 fully saturated rings. The number of carbonyl (C=O) groups is 1. The zero-order valence-corrected chi connectivity index (χ0v) is 10.2. The standard InChI is InChI=1S/C8H15NO.Y/c1-5-7(3)9(6-2)8(4)10;/h7H,2-3,5-6H2,1,4H3;/q-2;. The van der Waals surface area contributed by atoms with E-state index in [-0.39, 0.29) is 44.7 Å². The third-order valence-corrected chi connectivity index (χ3v) is 1.56. The van der Waals surface area contributed by atoms with E-state index in [0.717, 1.165) is 6.42 Å². The second kappa shape index (κ2) is 7.24. The molecule has 63 valence electrons. The minimum absolute atomic E-state index is 0. The Bertz CT molecular complexity index is 117. The first kappa shape index (κ1) is 14.1. The van der Waals surface area contributed by atoms with Crippen molar-refractivity contribution in [2.45, 2.75) is 26.3 Å². The second-order valence-electron chi connectivity index (χ2n) is 2.27. The van der Waals surface area contributed by atoms with Gasteiger partial charge in [0.25, 0.3) is 0 Å². The van der Waals surface area contributed by atoms with E-state index in [2.05, 4.69) is 13.8 Å². The first-order valence-corrected chi connectivity index (χ1v) is 3.53. The SMILES string of the molecule is [CH2-]CN(C(C)=O)C([CH2-])CC.[Y]. The van der Waals surface area contributed by atoms with Crippen molar-refractivity contribution < 1.29 is 37.5 Å². The summed E-state index contributed by atoms with van der Waals surface area (Å²) in [5.41, 5.74) is 0. The van der Waals surface area contributed by atoms with Gasteiger partial charge >= 0.3 is 0 Å². The van der Waals surface area contributed by atoms with Crippen LogP contribution in [0.25, 0.3) is 0 Å².